The van der Waals surface area contributed by atoms with E-state index in [9.17, 15) is 4.39 Å². The van der Waals surface area contributed by atoms with Crippen LogP contribution in [-0.2, 0) is 0 Å². The lowest BCUT2D eigenvalue weighted by Gasteiger charge is -2.37. The number of piperazine rings is 2. The molecule has 0 bridgehead atoms. The van der Waals surface area contributed by atoms with Crippen molar-refractivity contribution in [1.82, 2.24) is 25.1 Å². The Morgan fingerprint density at radius 1 is 0.938 bits per heavy atom. The molecule has 3 heterocycles. The standard InChI is InChI=1S/C23H33FN8/c1-25-22(31-16-18-32(19-17-31)23-27-8-4-9-28-23)26-10-5-11-29-12-14-30(15-13-29)21-7-3-2-6-20(21)24/h2-4,6-9H,5,10-19H2,1H3,(H,25,26). The van der Waals surface area contributed by atoms with Crippen LogP contribution >= 0.6 is 0 Å². The highest BCUT2D eigenvalue weighted by Crippen LogP contribution is 2.20. The first-order valence-electron chi connectivity index (χ1n) is 11.4. The molecule has 0 aliphatic carbocycles. The van der Waals surface area contributed by atoms with Gasteiger partial charge in [0.05, 0.1) is 5.69 Å². The summed E-state index contributed by atoms with van der Waals surface area (Å²) in [7, 11) is 1.84. The smallest absolute Gasteiger partial charge is 0.225 e. The number of aliphatic imine (C=N–C) groups is 1. The van der Waals surface area contributed by atoms with Gasteiger partial charge in [-0.2, -0.15) is 0 Å². The third-order valence-corrected chi connectivity index (χ3v) is 6.13. The Kier molecular flexibility index (Phi) is 7.71. The molecule has 2 fully saturated rings. The monoisotopic (exact) mass is 440 g/mol. The third-order valence-electron chi connectivity index (χ3n) is 6.13. The second-order valence-corrected chi connectivity index (χ2v) is 8.13. The predicted octanol–water partition coefficient (Wildman–Crippen LogP) is 1.53. The van der Waals surface area contributed by atoms with Gasteiger partial charge in [0.1, 0.15) is 5.82 Å². The summed E-state index contributed by atoms with van der Waals surface area (Å²) in [6.45, 7) is 9.16. The molecular weight excluding hydrogens is 407 g/mol. The summed E-state index contributed by atoms with van der Waals surface area (Å²) < 4.78 is 14.0. The van der Waals surface area contributed by atoms with Crippen LogP contribution in [0.2, 0.25) is 0 Å². The van der Waals surface area contributed by atoms with Crippen molar-refractivity contribution in [3.8, 4) is 0 Å². The fourth-order valence-electron chi connectivity index (χ4n) is 4.33. The summed E-state index contributed by atoms with van der Waals surface area (Å²) >= 11 is 0. The van der Waals surface area contributed by atoms with Crippen LogP contribution < -0.4 is 15.1 Å². The van der Waals surface area contributed by atoms with Crippen molar-refractivity contribution >= 4 is 17.6 Å². The Morgan fingerprint density at radius 2 is 1.62 bits per heavy atom. The van der Waals surface area contributed by atoms with E-state index in [1.54, 1.807) is 18.5 Å². The minimum absolute atomic E-state index is 0.131. The van der Waals surface area contributed by atoms with Gasteiger partial charge in [-0.3, -0.25) is 9.89 Å². The molecule has 1 aromatic carbocycles. The number of nitrogens with one attached hydrogen (secondary N) is 1. The summed E-state index contributed by atoms with van der Waals surface area (Å²) in [5.74, 6) is 1.63. The molecule has 1 aromatic heterocycles. The Bertz CT molecular complexity index is 861. The van der Waals surface area contributed by atoms with Gasteiger partial charge in [0, 0.05) is 78.3 Å². The van der Waals surface area contributed by atoms with Crippen LogP contribution in [0, 0.1) is 5.82 Å². The molecule has 1 N–H and O–H groups in total. The highest BCUT2D eigenvalue weighted by molar-refractivity contribution is 5.80. The molecular formula is C23H33FN8. The first-order chi connectivity index (χ1) is 15.7. The molecule has 32 heavy (non-hydrogen) atoms. The molecule has 2 saturated heterocycles. The van der Waals surface area contributed by atoms with Crippen LogP contribution in [0.1, 0.15) is 6.42 Å². The maximum atomic E-state index is 14.0. The molecule has 4 rings (SSSR count). The van der Waals surface area contributed by atoms with Crippen molar-refractivity contribution in [2.24, 2.45) is 4.99 Å². The number of guanidine groups is 1. The Morgan fingerprint density at radius 3 is 2.31 bits per heavy atom. The zero-order valence-electron chi connectivity index (χ0n) is 18.8. The van der Waals surface area contributed by atoms with E-state index in [-0.39, 0.29) is 5.82 Å². The van der Waals surface area contributed by atoms with Crippen molar-refractivity contribution in [2.75, 3.05) is 82.3 Å². The lowest BCUT2D eigenvalue weighted by Crippen LogP contribution is -2.53. The zero-order chi connectivity index (χ0) is 22.2. The van der Waals surface area contributed by atoms with Gasteiger partial charge in [-0.25, -0.2) is 14.4 Å². The van der Waals surface area contributed by atoms with E-state index in [1.165, 1.54) is 6.07 Å². The molecule has 9 heteroatoms. The average Bonchev–Trinajstić information content (AvgIpc) is 2.86. The Balaban J connectivity index is 1.14. The van der Waals surface area contributed by atoms with Crippen molar-refractivity contribution in [3.63, 3.8) is 0 Å². The second-order valence-electron chi connectivity index (χ2n) is 8.13. The Hall–Kier alpha value is -2.94. The van der Waals surface area contributed by atoms with Crippen LogP contribution in [0.3, 0.4) is 0 Å². The number of aromatic nitrogens is 2. The predicted molar refractivity (Wildman–Crippen MR) is 127 cm³/mol. The van der Waals surface area contributed by atoms with E-state index in [4.69, 9.17) is 0 Å². The van der Waals surface area contributed by atoms with E-state index in [0.29, 0.717) is 0 Å². The fraction of sp³-hybridized carbons (Fsp3) is 0.522. The molecule has 0 amide bonds. The number of para-hydroxylation sites is 1. The number of nitrogens with zero attached hydrogens (tertiary/aromatic N) is 7. The summed E-state index contributed by atoms with van der Waals surface area (Å²) in [5, 5.41) is 3.51. The van der Waals surface area contributed by atoms with Crippen molar-refractivity contribution in [1.29, 1.82) is 0 Å². The van der Waals surface area contributed by atoms with Gasteiger partial charge >= 0.3 is 0 Å². The van der Waals surface area contributed by atoms with E-state index >= 15 is 0 Å². The largest absolute Gasteiger partial charge is 0.367 e. The second kappa shape index (κ2) is 11.1. The molecule has 0 radical (unpaired) electrons. The molecule has 8 nitrogen and oxygen atoms in total. The number of hydrogen-bond acceptors (Lipinski definition) is 6. The zero-order valence-corrected chi connectivity index (χ0v) is 18.8. The normalized spacial score (nSPS) is 18.2. The number of halogens is 1. The number of benzene rings is 1. The molecule has 2 aromatic rings. The van der Waals surface area contributed by atoms with Crippen molar-refractivity contribution in [2.45, 2.75) is 6.42 Å². The van der Waals surface area contributed by atoms with Gasteiger partial charge in [0.15, 0.2) is 5.96 Å². The summed E-state index contributed by atoms with van der Waals surface area (Å²) in [4.78, 5) is 22.3. The van der Waals surface area contributed by atoms with Crippen LogP contribution in [0.15, 0.2) is 47.7 Å². The average molecular weight is 441 g/mol. The van der Waals surface area contributed by atoms with E-state index in [0.717, 1.165) is 89.5 Å². The van der Waals surface area contributed by atoms with Gasteiger partial charge in [0.25, 0.3) is 0 Å². The maximum Gasteiger partial charge on any atom is 0.225 e. The van der Waals surface area contributed by atoms with Crippen LogP contribution in [-0.4, -0.2) is 98.2 Å². The van der Waals surface area contributed by atoms with Crippen LogP contribution in [0.5, 0.6) is 0 Å². The van der Waals surface area contributed by atoms with Gasteiger partial charge in [-0.1, -0.05) is 12.1 Å². The maximum absolute atomic E-state index is 14.0. The number of rotatable bonds is 6. The fourth-order valence-corrected chi connectivity index (χ4v) is 4.33. The SMILES string of the molecule is CN=C(NCCCN1CCN(c2ccccc2F)CC1)N1CCN(c2ncccn2)CC1. The summed E-state index contributed by atoms with van der Waals surface area (Å²) in [6.07, 6.45) is 4.63. The summed E-state index contributed by atoms with van der Waals surface area (Å²) in [6, 6.07) is 8.89. The molecule has 0 unspecified atom stereocenters. The number of anilines is 2. The Labute approximate surface area is 189 Å². The summed E-state index contributed by atoms with van der Waals surface area (Å²) in [5.41, 5.74) is 0.719. The molecule has 2 aliphatic rings. The van der Waals surface area contributed by atoms with Crippen LogP contribution in [0.4, 0.5) is 16.0 Å². The molecule has 172 valence electrons. The van der Waals surface area contributed by atoms with E-state index in [2.05, 4.69) is 39.9 Å². The quantitative estimate of drug-likeness (QED) is 0.415. The van der Waals surface area contributed by atoms with Gasteiger partial charge in [-0.05, 0) is 31.2 Å². The molecule has 0 atom stereocenters. The van der Waals surface area contributed by atoms with Crippen molar-refractivity contribution < 1.29 is 4.39 Å². The van der Waals surface area contributed by atoms with Crippen LogP contribution in [0.25, 0.3) is 0 Å². The number of hydrogen-bond donors (Lipinski definition) is 1. The van der Waals surface area contributed by atoms with Gasteiger partial charge in [0.2, 0.25) is 5.95 Å². The lowest BCUT2D eigenvalue weighted by atomic mass is 10.2. The van der Waals surface area contributed by atoms with Crippen molar-refractivity contribution in [3.05, 3.63) is 48.5 Å². The minimum atomic E-state index is -0.131. The van der Waals surface area contributed by atoms with E-state index < -0.39 is 0 Å². The highest BCUT2D eigenvalue weighted by atomic mass is 19.1. The lowest BCUT2D eigenvalue weighted by molar-refractivity contribution is 0.254. The molecule has 0 spiro atoms. The third kappa shape index (κ3) is 5.64. The topological polar surface area (TPSA) is 63.1 Å². The minimum Gasteiger partial charge on any atom is -0.367 e. The first kappa shape index (κ1) is 22.3. The highest BCUT2D eigenvalue weighted by Gasteiger charge is 2.21. The van der Waals surface area contributed by atoms with Gasteiger partial charge in [-0.15, -0.1) is 0 Å². The first-order valence-corrected chi connectivity index (χ1v) is 11.4. The van der Waals surface area contributed by atoms with Gasteiger partial charge < -0.3 is 20.0 Å². The molecule has 2 aliphatic heterocycles. The molecule has 0 saturated carbocycles. The van der Waals surface area contributed by atoms with E-state index in [1.807, 2.05) is 25.2 Å².